The van der Waals surface area contributed by atoms with E-state index in [1.807, 2.05) is 6.07 Å². The summed E-state index contributed by atoms with van der Waals surface area (Å²) in [6, 6.07) is 3.35. The third-order valence-corrected chi connectivity index (χ3v) is 5.67. The van der Waals surface area contributed by atoms with E-state index in [2.05, 4.69) is 29.6 Å². The molecule has 3 N–H and O–H groups in total. The summed E-state index contributed by atoms with van der Waals surface area (Å²) >= 11 is 6.10. The minimum absolute atomic E-state index is 0.0293. The molecule has 5 atom stereocenters. The number of nitrogens with one attached hydrogen (secondary N) is 1. The normalized spacial score (nSPS) is 34.4. The van der Waals surface area contributed by atoms with Gasteiger partial charge in [-0.2, -0.15) is 0 Å². The standard InChI is InChI=1S/C19H22ClFN2O/c20-12-8-15-18(16(21)9-12)23-17(11-4-2-1-3-5-11)14-7-6-13(10-22)24-19(14)15/h1-4,8-9,11,13-14,17,19,23H,5-7,10,22H2/t11?,13-,14+,17+,19+/m1/s1. The Morgan fingerprint density at radius 2 is 2.17 bits per heavy atom. The predicted molar refractivity (Wildman–Crippen MR) is 94.6 cm³/mol. The van der Waals surface area contributed by atoms with Gasteiger partial charge in [-0.15, -0.1) is 0 Å². The molecule has 3 nitrogen and oxygen atoms in total. The van der Waals surface area contributed by atoms with E-state index in [1.165, 1.54) is 6.07 Å². The van der Waals surface area contributed by atoms with Crippen molar-refractivity contribution >= 4 is 17.3 Å². The smallest absolute Gasteiger partial charge is 0.148 e. The van der Waals surface area contributed by atoms with Crippen molar-refractivity contribution in [2.75, 3.05) is 11.9 Å². The minimum Gasteiger partial charge on any atom is -0.379 e. The van der Waals surface area contributed by atoms with E-state index in [0.29, 0.717) is 29.1 Å². The van der Waals surface area contributed by atoms with E-state index in [4.69, 9.17) is 22.1 Å². The second kappa shape index (κ2) is 6.51. The summed E-state index contributed by atoms with van der Waals surface area (Å²) < 4.78 is 20.8. The Morgan fingerprint density at radius 1 is 1.29 bits per heavy atom. The molecule has 2 aliphatic heterocycles. The summed E-state index contributed by atoms with van der Waals surface area (Å²) in [5, 5.41) is 3.87. The van der Waals surface area contributed by atoms with E-state index in [9.17, 15) is 4.39 Å². The predicted octanol–water partition coefficient (Wildman–Crippen LogP) is 4.20. The molecule has 0 spiro atoms. The third kappa shape index (κ3) is 2.77. The molecule has 1 saturated heterocycles. The van der Waals surface area contributed by atoms with Crippen molar-refractivity contribution in [3.05, 3.63) is 52.8 Å². The topological polar surface area (TPSA) is 47.3 Å². The first kappa shape index (κ1) is 16.1. The van der Waals surface area contributed by atoms with Gasteiger partial charge in [0.2, 0.25) is 0 Å². The fourth-order valence-corrected chi connectivity index (χ4v) is 4.50. The molecular weight excluding hydrogens is 327 g/mol. The van der Waals surface area contributed by atoms with Crippen molar-refractivity contribution in [2.45, 2.75) is 37.5 Å². The zero-order valence-electron chi connectivity index (χ0n) is 13.4. The van der Waals surface area contributed by atoms with Crippen LogP contribution in [0.2, 0.25) is 5.02 Å². The van der Waals surface area contributed by atoms with Gasteiger partial charge in [0.25, 0.3) is 0 Å². The van der Waals surface area contributed by atoms with Crippen molar-refractivity contribution < 1.29 is 9.13 Å². The second-order valence-corrected chi connectivity index (χ2v) is 7.33. The number of anilines is 1. The lowest BCUT2D eigenvalue weighted by Crippen LogP contribution is -2.48. The van der Waals surface area contributed by atoms with Gasteiger partial charge in [0, 0.05) is 35.0 Å². The Hall–Kier alpha value is -1.36. The van der Waals surface area contributed by atoms with E-state index in [1.54, 1.807) is 0 Å². The van der Waals surface area contributed by atoms with Crippen LogP contribution in [0.15, 0.2) is 36.4 Å². The first-order valence-corrected chi connectivity index (χ1v) is 8.99. The summed E-state index contributed by atoms with van der Waals surface area (Å²) in [4.78, 5) is 0. The molecule has 1 aromatic carbocycles. The molecule has 1 aromatic rings. The maximum atomic E-state index is 14.6. The van der Waals surface area contributed by atoms with E-state index in [-0.39, 0.29) is 24.1 Å². The number of fused-ring (bicyclic) bond motifs is 3. The molecule has 24 heavy (non-hydrogen) atoms. The molecule has 1 unspecified atom stereocenters. The number of allylic oxidation sites excluding steroid dienone is 3. The summed E-state index contributed by atoms with van der Waals surface area (Å²) in [5.74, 6) is 0.317. The molecule has 4 rings (SSSR count). The first-order valence-electron chi connectivity index (χ1n) is 8.61. The minimum atomic E-state index is -0.310. The summed E-state index contributed by atoms with van der Waals surface area (Å²) in [7, 11) is 0. The number of nitrogens with two attached hydrogens (primary N) is 1. The average molecular weight is 349 g/mol. The van der Waals surface area contributed by atoms with E-state index in [0.717, 1.165) is 24.8 Å². The lowest BCUT2D eigenvalue weighted by Gasteiger charge is -2.47. The van der Waals surface area contributed by atoms with Gasteiger partial charge < -0.3 is 15.8 Å². The molecule has 128 valence electrons. The largest absolute Gasteiger partial charge is 0.379 e. The van der Waals surface area contributed by atoms with Gasteiger partial charge in [-0.1, -0.05) is 35.9 Å². The number of benzene rings is 1. The Balaban J connectivity index is 1.74. The number of rotatable bonds is 2. The SMILES string of the molecule is NC[C@H]1CC[C@@H]2[C@H](O1)c1cc(Cl)cc(F)c1N[C@H]2C1C=CC=CC1. The molecule has 0 aromatic heterocycles. The second-order valence-electron chi connectivity index (χ2n) is 6.89. The van der Waals surface area contributed by atoms with Crippen molar-refractivity contribution in [1.82, 2.24) is 0 Å². The highest BCUT2D eigenvalue weighted by Gasteiger charge is 2.44. The fourth-order valence-electron chi connectivity index (χ4n) is 4.29. The van der Waals surface area contributed by atoms with Crippen LogP contribution in [0, 0.1) is 17.7 Å². The fraction of sp³-hybridized carbons (Fsp3) is 0.474. The summed E-state index contributed by atoms with van der Waals surface area (Å²) in [6.45, 7) is 0.492. The Morgan fingerprint density at radius 3 is 2.92 bits per heavy atom. The number of hydrogen-bond acceptors (Lipinski definition) is 3. The molecule has 1 fully saturated rings. The van der Waals surface area contributed by atoms with E-state index >= 15 is 0 Å². The monoisotopic (exact) mass is 348 g/mol. The lowest BCUT2D eigenvalue weighted by atomic mass is 9.73. The van der Waals surface area contributed by atoms with Crippen LogP contribution in [-0.2, 0) is 4.74 Å². The molecule has 0 saturated carbocycles. The highest BCUT2D eigenvalue weighted by Crippen LogP contribution is 2.49. The van der Waals surface area contributed by atoms with Crippen LogP contribution in [-0.4, -0.2) is 18.7 Å². The Kier molecular flexibility index (Phi) is 4.37. The maximum absolute atomic E-state index is 14.6. The van der Waals surface area contributed by atoms with Gasteiger partial charge in [-0.25, -0.2) is 4.39 Å². The zero-order valence-corrected chi connectivity index (χ0v) is 14.2. The molecule has 1 aliphatic carbocycles. The average Bonchev–Trinajstić information content (AvgIpc) is 2.61. The molecule has 0 radical (unpaired) electrons. The van der Waals surface area contributed by atoms with Crippen molar-refractivity contribution in [1.29, 1.82) is 0 Å². The van der Waals surface area contributed by atoms with Crippen molar-refractivity contribution in [3.8, 4) is 0 Å². The Bertz CT molecular complexity index is 690. The van der Waals surface area contributed by atoms with E-state index < -0.39 is 0 Å². The molecule has 0 bridgehead atoms. The molecule has 0 amide bonds. The van der Waals surface area contributed by atoms with Crippen molar-refractivity contribution in [3.63, 3.8) is 0 Å². The van der Waals surface area contributed by atoms with Crippen LogP contribution < -0.4 is 11.1 Å². The summed E-state index contributed by atoms with van der Waals surface area (Å²) in [5.41, 5.74) is 7.18. The molecule has 2 heterocycles. The first-order chi connectivity index (χ1) is 11.7. The molecule has 5 heteroatoms. The number of ether oxygens (including phenoxy) is 1. The van der Waals surface area contributed by atoms with Crippen LogP contribution in [0.3, 0.4) is 0 Å². The van der Waals surface area contributed by atoms with Crippen LogP contribution in [0.5, 0.6) is 0 Å². The summed E-state index contributed by atoms with van der Waals surface area (Å²) in [6.07, 6.45) is 11.3. The van der Waals surface area contributed by atoms with Crippen LogP contribution in [0.1, 0.15) is 30.9 Å². The van der Waals surface area contributed by atoms with Gasteiger partial charge >= 0.3 is 0 Å². The zero-order chi connectivity index (χ0) is 16.7. The van der Waals surface area contributed by atoms with Gasteiger partial charge in [-0.3, -0.25) is 0 Å². The van der Waals surface area contributed by atoms with Crippen LogP contribution >= 0.6 is 11.6 Å². The quantitative estimate of drug-likeness (QED) is 0.842. The van der Waals surface area contributed by atoms with Crippen LogP contribution in [0.25, 0.3) is 0 Å². The molecule has 3 aliphatic rings. The maximum Gasteiger partial charge on any atom is 0.148 e. The number of hydrogen-bond donors (Lipinski definition) is 2. The van der Waals surface area contributed by atoms with Crippen LogP contribution in [0.4, 0.5) is 10.1 Å². The highest BCUT2D eigenvalue weighted by molar-refractivity contribution is 6.30. The van der Waals surface area contributed by atoms with Gasteiger partial charge in [0.15, 0.2) is 0 Å². The lowest BCUT2D eigenvalue weighted by molar-refractivity contribution is -0.0913. The highest BCUT2D eigenvalue weighted by atomic mass is 35.5. The molecular formula is C19H22ClFN2O. The van der Waals surface area contributed by atoms with Gasteiger partial charge in [0.1, 0.15) is 5.82 Å². The third-order valence-electron chi connectivity index (χ3n) is 5.45. The van der Waals surface area contributed by atoms with Gasteiger partial charge in [-0.05, 0) is 31.4 Å². The van der Waals surface area contributed by atoms with Gasteiger partial charge in [0.05, 0.1) is 17.9 Å². The number of halogens is 2. The Labute approximate surface area is 146 Å². The van der Waals surface area contributed by atoms with Crippen molar-refractivity contribution in [2.24, 2.45) is 17.6 Å².